The lowest BCUT2D eigenvalue weighted by Gasteiger charge is -2.45. The van der Waals surface area contributed by atoms with Crippen LogP contribution in [0.3, 0.4) is 0 Å². The summed E-state index contributed by atoms with van der Waals surface area (Å²) in [5, 5.41) is 0. The topological polar surface area (TPSA) is 6.48 Å². The minimum Gasteiger partial charge on any atom is -0.298 e. The molecule has 0 aromatic rings. The number of piperazine rings is 1. The zero-order valence-electron chi connectivity index (χ0n) is 10.6. The van der Waals surface area contributed by atoms with E-state index < -0.39 is 0 Å². The predicted molar refractivity (Wildman–Crippen MR) is 65.1 cm³/mol. The van der Waals surface area contributed by atoms with Crippen LogP contribution in [-0.2, 0) is 0 Å². The fourth-order valence-corrected chi connectivity index (χ4v) is 3.41. The summed E-state index contributed by atoms with van der Waals surface area (Å²) < 4.78 is 0. The molecule has 0 aromatic carbocycles. The largest absolute Gasteiger partial charge is 0.298 e. The Hall–Kier alpha value is -0.0800. The van der Waals surface area contributed by atoms with E-state index >= 15 is 0 Å². The normalized spacial score (nSPS) is 35.4. The predicted octanol–water partition coefficient (Wildman–Crippen LogP) is 2.34. The molecule has 0 aromatic heterocycles. The van der Waals surface area contributed by atoms with Gasteiger partial charge in [-0.15, -0.1) is 0 Å². The maximum Gasteiger partial charge on any atom is 0.0224 e. The van der Waals surface area contributed by atoms with Gasteiger partial charge in [-0.2, -0.15) is 0 Å². The van der Waals surface area contributed by atoms with Crippen molar-refractivity contribution in [1.82, 2.24) is 9.80 Å². The molecule has 0 N–H and O–H groups in total. The first kappa shape index (κ1) is 11.4. The van der Waals surface area contributed by atoms with Crippen molar-refractivity contribution < 1.29 is 0 Å². The molecule has 2 fully saturated rings. The molecular weight excluding hydrogens is 184 g/mol. The summed E-state index contributed by atoms with van der Waals surface area (Å²) in [7, 11) is 0. The quantitative estimate of drug-likeness (QED) is 0.705. The van der Waals surface area contributed by atoms with E-state index in [0.29, 0.717) is 0 Å². The molecule has 2 rings (SSSR count). The molecule has 15 heavy (non-hydrogen) atoms. The number of hydrogen-bond acceptors (Lipinski definition) is 2. The third-order valence-electron chi connectivity index (χ3n) is 4.26. The van der Waals surface area contributed by atoms with Gasteiger partial charge in [0, 0.05) is 31.2 Å². The van der Waals surface area contributed by atoms with Crippen molar-refractivity contribution in [3.8, 4) is 0 Å². The SMILES string of the molecule is CCCC(C)N1CC2CCCN2CC1C. The molecule has 2 saturated heterocycles. The van der Waals surface area contributed by atoms with Crippen LogP contribution in [0.15, 0.2) is 0 Å². The van der Waals surface area contributed by atoms with E-state index in [1.807, 2.05) is 0 Å². The molecule has 0 bridgehead atoms. The Kier molecular flexibility index (Phi) is 3.68. The fourth-order valence-electron chi connectivity index (χ4n) is 3.41. The minimum absolute atomic E-state index is 0.765. The number of fused-ring (bicyclic) bond motifs is 1. The number of rotatable bonds is 3. The van der Waals surface area contributed by atoms with Crippen LogP contribution in [0.2, 0.25) is 0 Å². The lowest BCUT2D eigenvalue weighted by Crippen LogP contribution is -2.57. The molecule has 0 spiro atoms. The van der Waals surface area contributed by atoms with Gasteiger partial charge in [-0.25, -0.2) is 0 Å². The van der Waals surface area contributed by atoms with Crippen molar-refractivity contribution in [3.05, 3.63) is 0 Å². The number of nitrogens with zero attached hydrogens (tertiary/aromatic N) is 2. The molecule has 2 aliphatic heterocycles. The fraction of sp³-hybridized carbons (Fsp3) is 1.00. The van der Waals surface area contributed by atoms with Gasteiger partial charge in [-0.3, -0.25) is 9.80 Å². The maximum absolute atomic E-state index is 2.75. The van der Waals surface area contributed by atoms with Gasteiger partial charge >= 0.3 is 0 Å². The first-order valence-electron chi connectivity index (χ1n) is 6.72. The standard InChI is InChI=1S/C13H26N2/c1-4-6-11(2)15-10-13-7-5-8-14(13)9-12(15)3/h11-13H,4-10H2,1-3H3. The minimum atomic E-state index is 0.765. The van der Waals surface area contributed by atoms with Gasteiger partial charge in [0.2, 0.25) is 0 Å². The molecular formula is C13H26N2. The van der Waals surface area contributed by atoms with E-state index in [4.69, 9.17) is 0 Å². The molecule has 3 unspecified atom stereocenters. The highest BCUT2D eigenvalue weighted by atomic mass is 15.3. The van der Waals surface area contributed by atoms with Crippen molar-refractivity contribution in [2.24, 2.45) is 0 Å². The average molecular weight is 210 g/mol. The average Bonchev–Trinajstić information content (AvgIpc) is 2.63. The Bertz CT molecular complexity index is 205. The Morgan fingerprint density at radius 3 is 2.87 bits per heavy atom. The summed E-state index contributed by atoms with van der Waals surface area (Å²) in [5.74, 6) is 0. The van der Waals surface area contributed by atoms with E-state index in [9.17, 15) is 0 Å². The lowest BCUT2D eigenvalue weighted by atomic mass is 10.0. The molecule has 2 aliphatic rings. The van der Waals surface area contributed by atoms with Crippen molar-refractivity contribution >= 4 is 0 Å². The van der Waals surface area contributed by atoms with Gasteiger partial charge in [0.25, 0.3) is 0 Å². The van der Waals surface area contributed by atoms with Gasteiger partial charge in [-0.05, 0) is 39.7 Å². The van der Waals surface area contributed by atoms with Crippen molar-refractivity contribution in [2.45, 2.75) is 64.6 Å². The Morgan fingerprint density at radius 2 is 2.13 bits per heavy atom. The second-order valence-corrected chi connectivity index (χ2v) is 5.47. The first-order chi connectivity index (χ1) is 7.22. The lowest BCUT2D eigenvalue weighted by molar-refractivity contribution is 0.0305. The van der Waals surface area contributed by atoms with E-state index in [1.54, 1.807) is 0 Å². The van der Waals surface area contributed by atoms with Crippen molar-refractivity contribution in [2.75, 3.05) is 19.6 Å². The monoisotopic (exact) mass is 210 g/mol. The van der Waals surface area contributed by atoms with Crippen LogP contribution < -0.4 is 0 Å². The van der Waals surface area contributed by atoms with Gasteiger partial charge in [0.1, 0.15) is 0 Å². The van der Waals surface area contributed by atoms with Gasteiger partial charge < -0.3 is 0 Å². The second-order valence-electron chi connectivity index (χ2n) is 5.47. The Balaban J connectivity index is 1.94. The summed E-state index contributed by atoms with van der Waals surface area (Å²) in [6, 6.07) is 2.43. The van der Waals surface area contributed by atoms with Crippen LogP contribution in [0.5, 0.6) is 0 Å². The first-order valence-corrected chi connectivity index (χ1v) is 6.72. The summed E-state index contributed by atoms with van der Waals surface area (Å²) >= 11 is 0. The van der Waals surface area contributed by atoms with Crippen LogP contribution in [-0.4, -0.2) is 47.6 Å². The zero-order chi connectivity index (χ0) is 10.8. The molecule has 0 amide bonds. The van der Waals surface area contributed by atoms with Crippen LogP contribution in [0.25, 0.3) is 0 Å². The van der Waals surface area contributed by atoms with Crippen molar-refractivity contribution in [1.29, 1.82) is 0 Å². The Morgan fingerprint density at radius 1 is 1.33 bits per heavy atom. The zero-order valence-corrected chi connectivity index (χ0v) is 10.6. The summed E-state index contributed by atoms with van der Waals surface area (Å²) in [4.78, 5) is 5.45. The molecule has 0 radical (unpaired) electrons. The van der Waals surface area contributed by atoms with Gasteiger partial charge in [-0.1, -0.05) is 13.3 Å². The van der Waals surface area contributed by atoms with E-state index in [-0.39, 0.29) is 0 Å². The van der Waals surface area contributed by atoms with Crippen LogP contribution in [0, 0.1) is 0 Å². The molecule has 3 atom stereocenters. The smallest absolute Gasteiger partial charge is 0.0224 e. The summed E-state index contributed by atoms with van der Waals surface area (Å²) in [5.41, 5.74) is 0. The third-order valence-corrected chi connectivity index (χ3v) is 4.26. The van der Waals surface area contributed by atoms with E-state index in [1.165, 1.54) is 45.3 Å². The molecule has 0 saturated carbocycles. The highest BCUT2D eigenvalue weighted by molar-refractivity contribution is 4.92. The number of hydrogen-bond donors (Lipinski definition) is 0. The van der Waals surface area contributed by atoms with E-state index in [2.05, 4.69) is 30.6 Å². The maximum atomic E-state index is 2.75. The highest BCUT2D eigenvalue weighted by Gasteiger charge is 2.35. The Labute approximate surface area is 94.6 Å². The van der Waals surface area contributed by atoms with Crippen LogP contribution >= 0.6 is 0 Å². The molecule has 0 aliphatic carbocycles. The molecule has 2 heteroatoms. The summed E-state index contributed by atoms with van der Waals surface area (Å²) in [6.07, 6.45) is 5.53. The van der Waals surface area contributed by atoms with Gasteiger partial charge in [0.15, 0.2) is 0 Å². The summed E-state index contributed by atoms with van der Waals surface area (Å²) in [6.45, 7) is 11.1. The highest BCUT2D eigenvalue weighted by Crippen LogP contribution is 2.26. The van der Waals surface area contributed by atoms with Crippen LogP contribution in [0.1, 0.15) is 46.5 Å². The van der Waals surface area contributed by atoms with Crippen LogP contribution in [0.4, 0.5) is 0 Å². The van der Waals surface area contributed by atoms with Crippen molar-refractivity contribution in [3.63, 3.8) is 0 Å². The molecule has 88 valence electrons. The molecule has 2 nitrogen and oxygen atoms in total. The van der Waals surface area contributed by atoms with Gasteiger partial charge in [0.05, 0.1) is 0 Å². The molecule has 2 heterocycles. The third kappa shape index (κ3) is 2.36. The van der Waals surface area contributed by atoms with E-state index in [0.717, 1.165) is 18.1 Å². The second kappa shape index (κ2) is 4.84.